The number of rotatable bonds is 21. The summed E-state index contributed by atoms with van der Waals surface area (Å²) in [6, 6.07) is 0. The van der Waals surface area contributed by atoms with Gasteiger partial charge in [-0.2, -0.15) is 8.42 Å². The molecule has 0 spiro atoms. The molecule has 0 bridgehead atoms. The van der Waals surface area contributed by atoms with E-state index < -0.39 is 10.1 Å². The van der Waals surface area contributed by atoms with Crippen LogP contribution in [0, 0.1) is 0 Å². The van der Waals surface area contributed by atoms with Gasteiger partial charge in [0.05, 0.1) is 12.4 Å². The molecule has 0 N–H and O–H groups in total. The molecule has 0 saturated heterocycles. The zero-order chi connectivity index (χ0) is 19.3. The fraction of sp³-hybridized carbons (Fsp3) is 1.00. The molecular weight excluding hydrogens is 367 g/mol. The maximum atomic E-state index is 11.8. The smallest absolute Gasteiger partial charge is 1.00 e. The molecule has 0 heterocycles. The van der Waals surface area contributed by atoms with Crippen molar-refractivity contribution >= 4 is 10.1 Å². The molecular formula is C22H47NaO3S. The molecule has 27 heavy (non-hydrogen) atoms. The van der Waals surface area contributed by atoms with E-state index in [2.05, 4.69) is 13.8 Å². The van der Waals surface area contributed by atoms with Gasteiger partial charge >= 0.3 is 29.6 Å². The Bertz CT molecular complexity index is 378. The first-order valence-corrected chi connectivity index (χ1v) is 13.1. The molecule has 5 heteroatoms. The maximum Gasteiger partial charge on any atom is 1.00 e. The standard InChI is InChI=1S/C22H46O3S.Na.H/c1-3-5-7-9-11-13-14-15-17-19-21-25-26(23,24)22-20-18-16-12-10-8-6-4-2;;/h3-22H2,1-2H3;;/q;+1;-1. The van der Waals surface area contributed by atoms with E-state index in [1.165, 1.54) is 83.5 Å². The Morgan fingerprint density at radius 2 is 0.889 bits per heavy atom. The first-order valence-electron chi connectivity index (χ1n) is 11.5. The second-order valence-electron chi connectivity index (χ2n) is 7.74. The largest absolute Gasteiger partial charge is 1.00 e. The predicted octanol–water partition coefficient (Wildman–Crippen LogP) is 4.51. The molecule has 0 aromatic rings. The predicted molar refractivity (Wildman–Crippen MR) is 115 cm³/mol. The summed E-state index contributed by atoms with van der Waals surface area (Å²) in [7, 11) is -3.29. The van der Waals surface area contributed by atoms with Crippen molar-refractivity contribution in [2.45, 2.75) is 129 Å². The molecule has 0 radical (unpaired) electrons. The molecule has 0 atom stereocenters. The molecule has 0 aromatic heterocycles. The van der Waals surface area contributed by atoms with Crippen LogP contribution in [0.1, 0.15) is 131 Å². The average Bonchev–Trinajstić information content (AvgIpc) is 2.62. The van der Waals surface area contributed by atoms with Gasteiger partial charge in [0.15, 0.2) is 0 Å². The molecule has 0 saturated carbocycles. The van der Waals surface area contributed by atoms with Crippen molar-refractivity contribution in [1.29, 1.82) is 0 Å². The number of hydrogen-bond acceptors (Lipinski definition) is 3. The minimum absolute atomic E-state index is 0. The summed E-state index contributed by atoms with van der Waals surface area (Å²) >= 11 is 0. The molecule has 0 aliphatic rings. The summed E-state index contributed by atoms with van der Waals surface area (Å²) in [6.07, 6.45) is 21.9. The topological polar surface area (TPSA) is 43.4 Å². The SMILES string of the molecule is CCCCCCCCCCCCOS(=O)(=O)CCCCCCCCCC.[H-].[Na+]. The summed E-state index contributed by atoms with van der Waals surface area (Å²) in [5, 5.41) is 0. The van der Waals surface area contributed by atoms with Crippen molar-refractivity contribution in [3.8, 4) is 0 Å². The number of hydrogen-bond donors (Lipinski definition) is 0. The average molecular weight is 415 g/mol. The molecule has 0 aliphatic carbocycles. The fourth-order valence-corrected chi connectivity index (χ4v) is 4.29. The van der Waals surface area contributed by atoms with E-state index in [0.29, 0.717) is 6.61 Å². The summed E-state index contributed by atoms with van der Waals surface area (Å²) in [5.41, 5.74) is 0. The van der Waals surface area contributed by atoms with Gasteiger partial charge < -0.3 is 1.43 Å². The molecule has 0 unspecified atom stereocenters. The molecule has 0 rings (SSSR count). The van der Waals surface area contributed by atoms with E-state index in [0.717, 1.165) is 32.1 Å². The monoisotopic (exact) mass is 414 g/mol. The van der Waals surface area contributed by atoms with Crippen LogP contribution < -0.4 is 29.6 Å². The van der Waals surface area contributed by atoms with Crippen molar-refractivity contribution in [2.75, 3.05) is 12.4 Å². The van der Waals surface area contributed by atoms with Crippen LogP contribution in [0.3, 0.4) is 0 Å². The molecule has 0 amide bonds. The van der Waals surface area contributed by atoms with Crippen LogP contribution in [0.4, 0.5) is 0 Å². The molecule has 0 aromatic carbocycles. The van der Waals surface area contributed by atoms with Gasteiger partial charge in [-0.1, -0.05) is 117 Å². The maximum absolute atomic E-state index is 11.8. The summed E-state index contributed by atoms with van der Waals surface area (Å²) in [6.45, 7) is 4.84. The van der Waals surface area contributed by atoms with Gasteiger partial charge in [0.25, 0.3) is 10.1 Å². The van der Waals surface area contributed by atoms with Crippen LogP contribution in [0.2, 0.25) is 0 Å². The van der Waals surface area contributed by atoms with Gasteiger partial charge in [-0.3, -0.25) is 4.18 Å². The van der Waals surface area contributed by atoms with Gasteiger partial charge in [-0.15, -0.1) is 0 Å². The van der Waals surface area contributed by atoms with E-state index in [-0.39, 0.29) is 36.7 Å². The van der Waals surface area contributed by atoms with Crippen LogP contribution in [0.15, 0.2) is 0 Å². The van der Waals surface area contributed by atoms with Crippen molar-refractivity contribution in [1.82, 2.24) is 0 Å². The third kappa shape index (κ3) is 24.9. The Hall–Kier alpha value is 0.910. The Morgan fingerprint density at radius 3 is 1.30 bits per heavy atom. The van der Waals surface area contributed by atoms with E-state index in [1.807, 2.05) is 0 Å². The Labute approximate surface area is 194 Å². The van der Waals surface area contributed by atoms with Gasteiger partial charge in [-0.25, -0.2) is 0 Å². The molecule has 0 aliphatic heterocycles. The minimum atomic E-state index is -3.29. The Kier molecular flexibility index (Phi) is 25.9. The van der Waals surface area contributed by atoms with Crippen LogP contribution >= 0.6 is 0 Å². The van der Waals surface area contributed by atoms with Gasteiger partial charge in [0, 0.05) is 0 Å². The van der Waals surface area contributed by atoms with Gasteiger partial charge in [-0.05, 0) is 12.8 Å². The molecule has 160 valence electrons. The quantitative estimate of drug-likeness (QED) is 0.158. The first kappa shape index (κ1) is 30.1. The molecule has 0 fully saturated rings. The van der Waals surface area contributed by atoms with E-state index >= 15 is 0 Å². The van der Waals surface area contributed by atoms with E-state index in [1.54, 1.807) is 0 Å². The van der Waals surface area contributed by atoms with E-state index in [9.17, 15) is 8.42 Å². The Balaban J connectivity index is -0.00000312. The van der Waals surface area contributed by atoms with Crippen LogP contribution in [0.25, 0.3) is 0 Å². The third-order valence-electron chi connectivity index (χ3n) is 5.01. The van der Waals surface area contributed by atoms with Crippen molar-refractivity contribution in [3.05, 3.63) is 0 Å². The van der Waals surface area contributed by atoms with Crippen molar-refractivity contribution in [3.63, 3.8) is 0 Å². The van der Waals surface area contributed by atoms with Crippen LogP contribution in [-0.2, 0) is 14.3 Å². The second-order valence-corrected chi connectivity index (χ2v) is 9.50. The summed E-state index contributed by atoms with van der Waals surface area (Å²) in [4.78, 5) is 0. The Morgan fingerprint density at radius 1 is 0.556 bits per heavy atom. The summed E-state index contributed by atoms with van der Waals surface area (Å²) in [5.74, 6) is 0.194. The normalized spacial score (nSPS) is 11.5. The zero-order valence-corrected chi connectivity index (χ0v) is 21.6. The van der Waals surface area contributed by atoms with Crippen molar-refractivity contribution in [2.24, 2.45) is 0 Å². The van der Waals surface area contributed by atoms with Gasteiger partial charge in [0.1, 0.15) is 0 Å². The van der Waals surface area contributed by atoms with Crippen LogP contribution in [0.5, 0.6) is 0 Å². The first-order chi connectivity index (χ1) is 12.6. The fourth-order valence-electron chi connectivity index (χ4n) is 3.25. The minimum Gasteiger partial charge on any atom is -1.00 e. The van der Waals surface area contributed by atoms with Gasteiger partial charge in [0.2, 0.25) is 0 Å². The zero-order valence-electron chi connectivity index (χ0n) is 19.8. The second kappa shape index (κ2) is 23.2. The van der Waals surface area contributed by atoms with Crippen LogP contribution in [-0.4, -0.2) is 20.8 Å². The third-order valence-corrected chi connectivity index (χ3v) is 6.32. The number of unbranched alkanes of at least 4 members (excludes halogenated alkanes) is 16. The van der Waals surface area contributed by atoms with Crippen molar-refractivity contribution < 1.29 is 43.6 Å². The summed E-state index contributed by atoms with van der Waals surface area (Å²) < 4.78 is 28.8. The molecule has 3 nitrogen and oxygen atoms in total. The van der Waals surface area contributed by atoms with E-state index in [4.69, 9.17) is 4.18 Å².